The Balaban J connectivity index is 1.86. The van der Waals surface area contributed by atoms with Crippen molar-refractivity contribution in [1.29, 1.82) is 0 Å². The molecule has 0 bridgehead atoms. The molecule has 2 rings (SSSR count). The molecule has 0 saturated carbocycles. The third-order valence-corrected chi connectivity index (χ3v) is 2.92. The summed E-state index contributed by atoms with van der Waals surface area (Å²) >= 11 is 0. The summed E-state index contributed by atoms with van der Waals surface area (Å²) in [7, 11) is 1.57. The van der Waals surface area contributed by atoms with E-state index in [4.69, 9.17) is 9.47 Å². The zero-order valence-electron chi connectivity index (χ0n) is 13.0. The van der Waals surface area contributed by atoms with Crippen molar-refractivity contribution < 1.29 is 18.7 Å². The van der Waals surface area contributed by atoms with E-state index in [-0.39, 0.29) is 12.2 Å². The van der Waals surface area contributed by atoms with Gasteiger partial charge in [-0.15, -0.1) is 0 Å². The number of hydrogen-bond donors (Lipinski definition) is 3. The Morgan fingerprint density at radius 2 is 2.22 bits per heavy atom. The van der Waals surface area contributed by atoms with Gasteiger partial charge in [0.2, 0.25) is 0 Å². The lowest BCUT2D eigenvalue weighted by Crippen LogP contribution is -2.28. The van der Waals surface area contributed by atoms with Gasteiger partial charge in [0.25, 0.3) is 0 Å². The van der Waals surface area contributed by atoms with E-state index in [1.807, 2.05) is 6.92 Å². The van der Waals surface area contributed by atoms with Gasteiger partial charge in [0.1, 0.15) is 11.6 Å². The van der Waals surface area contributed by atoms with E-state index in [2.05, 4.69) is 20.8 Å². The van der Waals surface area contributed by atoms with Crippen LogP contribution in [0.25, 0.3) is 0 Å². The normalized spacial score (nSPS) is 10.4. The first kappa shape index (κ1) is 16.8. The molecule has 23 heavy (non-hydrogen) atoms. The summed E-state index contributed by atoms with van der Waals surface area (Å²) in [6.45, 7) is 2.88. The van der Waals surface area contributed by atoms with Crippen molar-refractivity contribution in [2.45, 2.75) is 20.1 Å². The molecule has 0 aliphatic carbocycles. The lowest BCUT2D eigenvalue weighted by molar-refractivity contribution is 0.181. The van der Waals surface area contributed by atoms with Gasteiger partial charge in [0.05, 0.1) is 36.8 Å². The largest absolute Gasteiger partial charge is 0.494 e. The molecule has 1 aromatic heterocycles. The second kappa shape index (κ2) is 8.14. The number of hydrogen-bond acceptors (Lipinski definition) is 4. The molecule has 2 amide bonds. The van der Waals surface area contributed by atoms with Crippen LogP contribution >= 0.6 is 0 Å². The smallest absolute Gasteiger partial charge is 0.319 e. The van der Waals surface area contributed by atoms with Gasteiger partial charge in [-0.1, -0.05) is 0 Å². The Bertz CT molecular complexity index is 660. The van der Waals surface area contributed by atoms with E-state index >= 15 is 0 Å². The zero-order valence-corrected chi connectivity index (χ0v) is 13.0. The van der Waals surface area contributed by atoms with Gasteiger partial charge >= 0.3 is 6.03 Å². The number of anilines is 1. The van der Waals surface area contributed by atoms with Crippen molar-refractivity contribution in [2.24, 2.45) is 0 Å². The van der Waals surface area contributed by atoms with Gasteiger partial charge in [-0.25, -0.2) is 9.18 Å². The molecule has 0 atom stereocenters. The molecule has 0 aliphatic heterocycles. The average molecular weight is 322 g/mol. The average Bonchev–Trinajstić information content (AvgIpc) is 2.96. The maximum absolute atomic E-state index is 13.8. The monoisotopic (exact) mass is 322 g/mol. The maximum Gasteiger partial charge on any atom is 0.319 e. The number of carbonyl (C=O) groups is 1. The molecule has 0 unspecified atom stereocenters. The van der Waals surface area contributed by atoms with Crippen molar-refractivity contribution in [3.8, 4) is 5.75 Å². The molecule has 0 radical (unpaired) electrons. The van der Waals surface area contributed by atoms with Gasteiger partial charge in [-0.05, 0) is 25.1 Å². The van der Waals surface area contributed by atoms with Gasteiger partial charge < -0.3 is 20.1 Å². The highest BCUT2D eigenvalue weighted by Crippen LogP contribution is 2.20. The van der Waals surface area contributed by atoms with Crippen molar-refractivity contribution in [3.63, 3.8) is 0 Å². The van der Waals surface area contributed by atoms with Crippen molar-refractivity contribution in [2.75, 3.05) is 19.0 Å². The molecule has 0 fully saturated rings. The number of ether oxygens (including phenoxy) is 2. The fraction of sp³-hybridized carbons (Fsp3) is 0.333. The molecular weight excluding hydrogens is 303 g/mol. The molecular formula is C15H19FN4O3. The first-order chi connectivity index (χ1) is 11.1. The number of nitrogens with zero attached hydrogens (tertiary/aromatic N) is 1. The van der Waals surface area contributed by atoms with Crippen LogP contribution < -0.4 is 15.4 Å². The minimum atomic E-state index is -0.560. The van der Waals surface area contributed by atoms with Crippen LogP contribution in [0.3, 0.4) is 0 Å². The third-order valence-electron chi connectivity index (χ3n) is 2.92. The summed E-state index contributed by atoms with van der Waals surface area (Å²) in [6.07, 6.45) is 0. The summed E-state index contributed by atoms with van der Waals surface area (Å²) in [6, 6.07) is 5.53. The lowest BCUT2D eigenvalue weighted by Gasteiger charge is -2.09. The molecule has 7 nitrogen and oxygen atoms in total. The van der Waals surface area contributed by atoms with Crippen LogP contribution in [0.1, 0.15) is 18.3 Å². The number of nitrogens with one attached hydrogen (secondary N) is 3. The standard InChI is InChI=1S/C15H19FN4O3/c1-3-23-12-4-5-14(13(16)7-12)18-15(21)17-8-10-6-11(9-22-2)20-19-10/h4-7H,3,8-9H2,1-2H3,(H,19,20)(H2,17,18,21). The number of benzene rings is 1. The fourth-order valence-corrected chi connectivity index (χ4v) is 1.92. The number of halogens is 1. The van der Waals surface area contributed by atoms with Gasteiger partial charge in [-0.3, -0.25) is 5.10 Å². The van der Waals surface area contributed by atoms with E-state index in [1.54, 1.807) is 19.2 Å². The Kier molecular flexibility index (Phi) is 5.93. The number of methoxy groups -OCH3 is 1. The van der Waals surface area contributed by atoms with Crippen molar-refractivity contribution in [3.05, 3.63) is 41.5 Å². The third kappa shape index (κ3) is 4.96. The molecule has 8 heteroatoms. The van der Waals surface area contributed by atoms with Crippen molar-refractivity contribution >= 4 is 11.7 Å². The van der Waals surface area contributed by atoms with Crippen LogP contribution in [0.15, 0.2) is 24.3 Å². The second-order valence-electron chi connectivity index (χ2n) is 4.70. The Morgan fingerprint density at radius 1 is 1.39 bits per heavy atom. The summed E-state index contributed by atoms with van der Waals surface area (Å²) in [4.78, 5) is 11.8. The lowest BCUT2D eigenvalue weighted by atomic mass is 10.3. The summed E-state index contributed by atoms with van der Waals surface area (Å²) in [5.74, 6) is -0.144. The SMILES string of the molecule is CCOc1ccc(NC(=O)NCc2cc(COC)n[nH]2)c(F)c1. The van der Waals surface area contributed by atoms with E-state index in [9.17, 15) is 9.18 Å². The Labute approximate surface area is 133 Å². The minimum absolute atomic E-state index is 0.0793. The van der Waals surface area contributed by atoms with E-state index in [1.165, 1.54) is 12.1 Å². The van der Waals surface area contributed by atoms with Crippen LogP contribution in [-0.4, -0.2) is 29.9 Å². The molecule has 124 valence electrons. The molecule has 0 saturated heterocycles. The van der Waals surface area contributed by atoms with E-state index in [0.717, 1.165) is 11.4 Å². The number of H-pyrrole nitrogens is 1. The molecule has 2 aromatic rings. The van der Waals surface area contributed by atoms with Crippen molar-refractivity contribution in [1.82, 2.24) is 15.5 Å². The number of carbonyl (C=O) groups excluding carboxylic acids is 1. The molecule has 1 heterocycles. The number of rotatable bonds is 7. The van der Waals surface area contributed by atoms with Gasteiger partial charge in [0, 0.05) is 13.2 Å². The highest BCUT2D eigenvalue weighted by atomic mass is 19.1. The molecule has 0 aliphatic rings. The first-order valence-electron chi connectivity index (χ1n) is 7.11. The highest BCUT2D eigenvalue weighted by Gasteiger charge is 2.09. The summed E-state index contributed by atoms with van der Waals surface area (Å²) < 4.78 is 24.0. The minimum Gasteiger partial charge on any atom is -0.494 e. The second-order valence-corrected chi connectivity index (χ2v) is 4.70. The summed E-state index contributed by atoms with van der Waals surface area (Å²) in [5, 5.41) is 11.8. The molecule has 1 aromatic carbocycles. The van der Waals surface area contributed by atoms with Crippen LogP contribution in [-0.2, 0) is 17.9 Å². The quantitative estimate of drug-likeness (QED) is 0.730. The number of aromatic amines is 1. The van der Waals surface area contributed by atoms with Crippen LogP contribution in [0.2, 0.25) is 0 Å². The maximum atomic E-state index is 13.8. The topological polar surface area (TPSA) is 88.3 Å². The predicted molar refractivity (Wildman–Crippen MR) is 82.7 cm³/mol. The molecule has 0 spiro atoms. The van der Waals surface area contributed by atoms with Crippen LogP contribution in [0, 0.1) is 5.82 Å². The fourth-order valence-electron chi connectivity index (χ4n) is 1.92. The highest BCUT2D eigenvalue weighted by molar-refractivity contribution is 5.89. The Morgan fingerprint density at radius 3 is 2.91 bits per heavy atom. The molecule has 3 N–H and O–H groups in total. The van der Waals surface area contributed by atoms with Crippen LogP contribution in [0.5, 0.6) is 5.75 Å². The summed E-state index contributed by atoms with van der Waals surface area (Å²) in [5.41, 5.74) is 1.54. The number of urea groups is 1. The van der Waals surface area contributed by atoms with E-state index in [0.29, 0.717) is 19.0 Å². The number of aromatic nitrogens is 2. The zero-order chi connectivity index (χ0) is 16.7. The Hall–Kier alpha value is -2.61. The predicted octanol–water partition coefficient (Wildman–Crippen LogP) is 2.42. The number of amides is 2. The van der Waals surface area contributed by atoms with E-state index < -0.39 is 11.8 Å². The first-order valence-corrected chi connectivity index (χ1v) is 7.11. The van der Waals surface area contributed by atoms with Crippen LogP contribution in [0.4, 0.5) is 14.9 Å². The van der Waals surface area contributed by atoms with Gasteiger partial charge in [-0.2, -0.15) is 5.10 Å². The van der Waals surface area contributed by atoms with Gasteiger partial charge in [0.15, 0.2) is 0 Å².